The van der Waals surface area contributed by atoms with Gasteiger partial charge in [0.15, 0.2) is 0 Å². The molecule has 0 bridgehead atoms. The molecule has 0 heterocycles. The van der Waals surface area contributed by atoms with Crippen LogP contribution in [0.3, 0.4) is 0 Å². The van der Waals surface area contributed by atoms with Crippen LogP contribution in [0.5, 0.6) is 0 Å². The molecule has 0 aliphatic heterocycles. The van der Waals surface area contributed by atoms with Crippen molar-refractivity contribution < 1.29 is 48.9 Å². The summed E-state index contributed by atoms with van der Waals surface area (Å²) >= 11 is 0. The summed E-state index contributed by atoms with van der Waals surface area (Å²) in [7, 11) is 0. The van der Waals surface area contributed by atoms with Crippen molar-refractivity contribution in [2.24, 2.45) is 17.2 Å². The fourth-order valence-corrected chi connectivity index (χ4v) is 2.95. The number of rotatable bonds is 19. The van der Waals surface area contributed by atoms with Gasteiger partial charge in [-0.3, -0.25) is 28.8 Å². The van der Waals surface area contributed by atoms with E-state index in [0.717, 1.165) is 0 Å². The van der Waals surface area contributed by atoms with Gasteiger partial charge in [-0.25, -0.2) is 4.79 Å². The second-order valence-electron chi connectivity index (χ2n) is 7.95. The Morgan fingerprint density at radius 2 is 1.17 bits per heavy atom. The number of primary amides is 1. The second kappa shape index (κ2) is 16.8. The maximum absolute atomic E-state index is 12.8. The second-order valence-corrected chi connectivity index (χ2v) is 7.95. The van der Waals surface area contributed by atoms with Crippen molar-refractivity contribution >= 4 is 41.5 Å². The van der Waals surface area contributed by atoms with Crippen LogP contribution in [0.1, 0.15) is 51.4 Å². The summed E-state index contributed by atoms with van der Waals surface area (Å²) in [6.45, 7) is 0.317. The average Bonchev–Trinajstić information content (AvgIpc) is 2.77. The summed E-state index contributed by atoms with van der Waals surface area (Å²) in [6, 6.07) is -5.84. The molecule has 0 aromatic heterocycles. The van der Waals surface area contributed by atoms with E-state index in [-0.39, 0.29) is 19.3 Å². The predicted octanol–water partition coefficient (Wildman–Crippen LogP) is -3.41. The number of carbonyl (C=O) groups is 7. The van der Waals surface area contributed by atoms with Gasteiger partial charge in [0.2, 0.25) is 23.6 Å². The van der Waals surface area contributed by atoms with Crippen molar-refractivity contribution in [3.8, 4) is 0 Å². The molecule has 0 radical (unpaired) electrons. The minimum Gasteiger partial charge on any atom is -0.481 e. The molecule has 0 aliphatic carbocycles. The zero-order chi connectivity index (χ0) is 27.8. The van der Waals surface area contributed by atoms with Crippen LogP contribution >= 0.6 is 0 Å². The van der Waals surface area contributed by atoms with Gasteiger partial charge in [0.1, 0.15) is 18.1 Å². The molecule has 4 amide bonds. The van der Waals surface area contributed by atoms with Gasteiger partial charge in [0.25, 0.3) is 0 Å². The van der Waals surface area contributed by atoms with Gasteiger partial charge in [-0.15, -0.1) is 0 Å². The Bertz CT molecular complexity index is 821. The summed E-state index contributed by atoms with van der Waals surface area (Å²) in [5.74, 6) is -7.86. The Morgan fingerprint density at radius 1 is 0.667 bits per heavy atom. The number of carboxylic acid groups (broad SMARTS) is 3. The molecule has 0 aromatic rings. The first-order valence-electron chi connectivity index (χ1n) is 11.1. The van der Waals surface area contributed by atoms with Gasteiger partial charge in [-0.1, -0.05) is 0 Å². The van der Waals surface area contributed by atoms with E-state index in [1.807, 2.05) is 0 Å². The van der Waals surface area contributed by atoms with Crippen LogP contribution in [-0.4, -0.2) is 87.6 Å². The molecule has 0 fully saturated rings. The Morgan fingerprint density at radius 3 is 1.61 bits per heavy atom. The Hall–Kier alpha value is -3.79. The number of amides is 4. The van der Waals surface area contributed by atoms with Crippen LogP contribution < -0.4 is 33.2 Å². The quantitative estimate of drug-likeness (QED) is 0.0755. The van der Waals surface area contributed by atoms with E-state index < -0.39 is 85.0 Å². The number of nitrogens with two attached hydrogens (primary N) is 3. The SMILES string of the molecule is NCCCCC(NC(=O)C(CCC(N)=O)NC(=O)C(CCC(=O)O)NC(=O)C(N)CC(=O)O)C(=O)O. The maximum atomic E-state index is 12.8. The number of aliphatic carboxylic acids is 3. The molecule has 0 saturated carbocycles. The van der Waals surface area contributed by atoms with Crippen LogP contribution in [0.25, 0.3) is 0 Å². The molecule has 0 spiro atoms. The van der Waals surface area contributed by atoms with E-state index in [2.05, 4.69) is 16.0 Å². The van der Waals surface area contributed by atoms with Crippen LogP contribution in [0.2, 0.25) is 0 Å². The predicted molar refractivity (Wildman–Crippen MR) is 122 cm³/mol. The lowest BCUT2D eigenvalue weighted by atomic mass is 10.0. The van der Waals surface area contributed by atoms with E-state index >= 15 is 0 Å². The van der Waals surface area contributed by atoms with E-state index in [9.17, 15) is 38.7 Å². The third kappa shape index (κ3) is 13.8. The Labute approximate surface area is 206 Å². The van der Waals surface area contributed by atoms with Crippen molar-refractivity contribution in [2.45, 2.75) is 75.5 Å². The van der Waals surface area contributed by atoms with E-state index in [1.165, 1.54) is 0 Å². The monoisotopic (exact) mass is 518 g/mol. The molecule has 4 unspecified atom stereocenters. The van der Waals surface area contributed by atoms with Gasteiger partial charge < -0.3 is 48.5 Å². The number of carbonyl (C=O) groups excluding carboxylic acids is 4. The first-order valence-corrected chi connectivity index (χ1v) is 11.1. The topological polar surface area (TPSA) is 294 Å². The van der Waals surface area contributed by atoms with Crippen LogP contribution in [0.15, 0.2) is 0 Å². The normalized spacial score (nSPS) is 13.9. The molecule has 12 N–H and O–H groups in total. The standard InChI is InChI=1S/C20H34N6O10/c21-8-2-1-3-13(20(35)36)26-19(34)11(4-6-14(23)27)25-18(33)12(5-7-15(28)29)24-17(32)10(22)9-16(30)31/h10-13H,1-9,21-22H2,(H2,23,27)(H,24,32)(H,25,33)(H,26,34)(H,28,29)(H,30,31)(H,35,36). The highest BCUT2D eigenvalue weighted by Crippen LogP contribution is 2.06. The van der Waals surface area contributed by atoms with Crippen molar-refractivity contribution in [1.82, 2.24) is 16.0 Å². The van der Waals surface area contributed by atoms with Gasteiger partial charge in [-0.05, 0) is 38.6 Å². The maximum Gasteiger partial charge on any atom is 0.326 e. The Balaban J connectivity index is 5.61. The van der Waals surface area contributed by atoms with Gasteiger partial charge in [0.05, 0.1) is 12.5 Å². The molecule has 0 aromatic carbocycles. The molecular formula is C20H34N6O10. The fourth-order valence-electron chi connectivity index (χ4n) is 2.95. The van der Waals surface area contributed by atoms with Gasteiger partial charge >= 0.3 is 17.9 Å². The van der Waals surface area contributed by atoms with Crippen LogP contribution in [0, 0.1) is 0 Å². The summed E-state index contributed by atoms with van der Waals surface area (Å²) in [6.07, 6.45) is -1.50. The summed E-state index contributed by atoms with van der Waals surface area (Å²) in [5, 5.41) is 33.7. The summed E-state index contributed by atoms with van der Waals surface area (Å²) < 4.78 is 0. The number of nitrogens with one attached hydrogen (secondary N) is 3. The molecule has 0 saturated heterocycles. The minimum absolute atomic E-state index is 0.0491. The molecule has 4 atom stereocenters. The molecule has 36 heavy (non-hydrogen) atoms. The zero-order valence-corrected chi connectivity index (χ0v) is 19.6. The van der Waals surface area contributed by atoms with E-state index in [4.69, 9.17) is 27.4 Å². The van der Waals surface area contributed by atoms with Crippen molar-refractivity contribution in [1.29, 1.82) is 0 Å². The third-order valence-electron chi connectivity index (χ3n) is 4.89. The van der Waals surface area contributed by atoms with Gasteiger partial charge in [0, 0.05) is 12.8 Å². The molecule has 0 aliphatic rings. The van der Waals surface area contributed by atoms with Crippen molar-refractivity contribution in [2.75, 3.05) is 6.54 Å². The molecule has 0 rings (SSSR count). The van der Waals surface area contributed by atoms with E-state index in [1.54, 1.807) is 0 Å². The highest BCUT2D eigenvalue weighted by Gasteiger charge is 2.31. The largest absolute Gasteiger partial charge is 0.481 e. The van der Waals surface area contributed by atoms with Crippen molar-refractivity contribution in [3.05, 3.63) is 0 Å². The minimum atomic E-state index is -1.54. The number of unbranched alkanes of at least 4 members (excludes halogenated alkanes) is 1. The smallest absolute Gasteiger partial charge is 0.326 e. The lowest BCUT2D eigenvalue weighted by Gasteiger charge is -2.25. The number of carboxylic acids is 3. The zero-order valence-electron chi connectivity index (χ0n) is 19.6. The lowest BCUT2D eigenvalue weighted by Crippen LogP contribution is -2.57. The molecular weight excluding hydrogens is 484 g/mol. The number of hydrogen-bond acceptors (Lipinski definition) is 9. The first-order chi connectivity index (χ1) is 16.8. The van der Waals surface area contributed by atoms with Crippen molar-refractivity contribution in [3.63, 3.8) is 0 Å². The van der Waals surface area contributed by atoms with Gasteiger partial charge in [-0.2, -0.15) is 0 Å². The Kier molecular flexibility index (Phi) is 15.0. The lowest BCUT2D eigenvalue weighted by molar-refractivity contribution is -0.142. The number of hydrogen-bond donors (Lipinski definition) is 9. The fraction of sp³-hybridized carbons (Fsp3) is 0.650. The van der Waals surface area contributed by atoms with Crippen LogP contribution in [0.4, 0.5) is 0 Å². The molecule has 16 nitrogen and oxygen atoms in total. The van der Waals surface area contributed by atoms with E-state index in [0.29, 0.717) is 19.4 Å². The first kappa shape index (κ1) is 32.2. The average molecular weight is 519 g/mol. The summed E-state index contributed by atoms with van der Waals surface area (Å²) in [5.41, 5.74) is 16.0. The summed E-state index contributed by atoms with van der Waals surface area (Å²) in [4.78, 5) is 82.2. The highest BCUT2D eigenvalue weighted by atomic mass is 16.4. The molecule has 204 valence electrons. The molecule has 16 heteroatoms. The van der Waals surface area contributed by atoms with Crippen LogP contribution in [-0.2, 0) is 33.6 Å². The third-order valence-corrected chi connectivity index (χ3v) is 4.89. The highest BCUT2D eigenvalue weighted by molar-refractivity contribution is 5.95.